The lowest BCUT2D eigenvalue weighted by atomic mass is 9.85. The molecule has 1 atom stereocenters. The smallest absolute Gasteiger partial charge is 0.226 e. The van der Waals surface area contributed by atoms with Crippen molar-refractivity contribution in [3.8, 4) is 17.1 Å². The van der Waals surface area contributed by atoms with Crippen LogP contribution in [0.5, 0.6) is 5.88 Å². The van der Waals surface area contributed by atoms with E-state index in [1.54, 1.807) is 13.3 Å². The molecule has 1 unspecified atom stereocenters. The molecule has 2 N–H and O–H groups in total. The van der Waals surface area contributed by atoms with Crippen LogP contribution in [0.1, 0.15) is 23.5 Å². The van der Waals surface area contributed by atoms with Crippen LogP contribution in [0.25, 0.3) is 11.3 Å². The zero-order valence-corrected chi connectivity index (χ0v) is 13.1. The van der Waals surface area contributed by atoms with E-state index in [1.165, 1.54) is 0 Å². The Morgan fingerprint density at radius 3 is 2.83 bits per heavy atom. The second-order valence-electron chi connectivity index (χ2n) is 5.66. The van der Waals surface area contributed by atoms with Gasteiger partial charge in [0.15, 0.2) is 5.82 Å². The van der Waals surface area contributed by atoms with Crippen molar-refractivity contribution in [2.24, 2.45) is 0 Å². The van der Waals surface area contributed by atoms with Crippen LogP contribution in [0, 0.1) is 0 Å². The molecule has 0 radical (unpaired) electrons. The van der Waals surface area contributed by atoms with E-state index in [9.17, 15) is 4.79 Å². The van der Waals surface area contributed by atoms with E-state index < -0.39 is 0 Å². The van der Waals surface area contributed by atoms with Gasteiger partial charge < -0.3 is 10.1 Å². The Hall–Kier alpha value is -3.15. The monoisotopic (exact) mass is 320 g/mol. The lowest BCUT2D eigenvalue weighted by molar-refractivity contribution is -0.116. The first kappa shape index (κ1) is 14.4. The summed E-state index contributed by atoms with van der Waals surface area (Å²) in [5.41, 5.74) is 3.94. The molecule has 0 fully saturated rings. The molecule has 0 spiro atoms. The Labute approximate surface area is 138 Å². The molecule has 120 valence electrons. The summed E-state index contributed by atoms with van der Waals surface area (Å²) in [5, 5.41) is 10.2. The highest BCUT2D eigenvalue weighted by molar-refractivity contribution is 5.96. The van der Waals surface area contributed by atoms with Crippen LogP contribution in [-0.2, 0) is 4.79 Å². The summed E-state index contributed by atoms with van der Waals surface area (Å²) in [6.45, 7) is 0. The maximum absolute atomic E-state index is 12.1. The molecule has 0 aliphatic carbocycles. The number of methoxy groups -OCH3 is 1. The number of nitrogens with zero attached hydrogens (tertiary/aromatic N) is 2. The summed E-state index contributed by atoms with van der Waals surface area (Å²) >= 11 is 0. The molecule has 0 saturated carbocycles. The molecule has 6 nitrogen and oxygen atoms in total. The van der Waals surface area contributed by atoms with Gasteiger partial charge in [-0.15, -0.1) is 0 Å². The number of rotatable bonds is 3. The van der Waals surface area contributed by atoms with Gasteiger partial charge in [0, 0.05) is 30.2 Å². The number of carbonyl (C=O) groups excluding carboxylic acids is 1. The van der Waals surface area contributed by atoms with Crippen molar-refractivity contribution in [3.05, 3.63) is 59.8 Å². The van der Waals surface area contributed by atoms with Crippen LogP contribution in [0.15, 0.2) is 48.7 Å². The van der Waals surface area contributed by atoms with Gasteiger partial charge in [0.1, 0.15) is 0 Å². The molecular formula is C18H16N4O2. The van der Waals surface area contributed by atoms with E-state index in [4.69, 9.17) is 4.74 Å². The molecular weight excluding hydrogens is 304 g/mol. The summed E-state index contributed by atoms with van der Waals surface area (Å²) in [4.78, 5) is 16.2. The second-order valence-corrected chi connectivity index (χ2v) is 5.66. The average Bonchev–Trinajstić information content (AvgIpc) is 3.05. The quantitative estimate of drug-likeness (QED) is 0.777. The summed E-state index contributed by atoms with van der Waals surface area (Å²) in [6.07, 6.45) is 2.06. The number of hydrogen-bond donors (Lipinski definition) is 2. The number of amides is 1. The Morgan fingerprint density at radius 2 is 2.04 bits per heavy atom. The first-order chi connectivity index (χ1) is 11.8. The van der Waals surface area contributed by atoms with E-state index in [0.717, 1.165) is 22.4 Å². The van der Waals surface area contributed by atoms with E-state index in [0.29, 0.717) is 18.1 Å². The van der Waals surface area contributed by atoms with E-state index in [2.05, 4.69) is 20.5 Å². The second kappa shape index (κ2) is 5.81. The summed E-state index contributed by atoms with van der Waals surface area (Å²) in [6, 6.07) is 13.8. The number of pyridine rings is 1. The zero-order valence-electron chi connectivity index (χ0n) is 13.1. The number of H-pyrrole nitrogens is 1. The highest BCUT2D eigenvalue weighted by atomic mass is 16.5. The molecule has 6 heteroatoms. The normalized spacial score (nSPS) is 16.4. The van der Waals surface area contributed by atoms with Crippen molar-refractivity contribution in [2.75, 3.05) is 12.4 Å². The molecule has 1 aliphatic heterocycles. The number of hydrogen-bond acceptors (Lipinski definition) is 4. The van der Waals surface area contributed by atoms with Gasteiger partial charge in [-0.05, 0) is 17.2 Å². The number of aromatic amines is 1. The fourth-order valence-corrected chi connectivity index (χ4v) is 3.12. The van der Waals surface area contributed by atoms with E-state index >= 15 is 0 Å². The fraction of sp³-hybridized carbons (Fsp3) is 0.167. The predicted molar refractivity (Wildman–Crippen MR) is 89.9 cm³/mol. The third-order valence-electron chi connectivity index (χ3n) is 4.23. The minimum absolute atomic E-state index is 0.0469. The standard InChI is InChI=1S/C18H16N4O2/c1-24-15-9-12(7-8-19-15)13-10-14(23)20-18-16(13)17(21-22-18)11-5-3-2-4-6-11/h2-9,13H,10H2,1H3,(H2,20,21,22,23). The first-order valence-corrected chi connectivity index (χ1v) is 7.69. The number of fused-ring (bicyclic) bond motifs is 1. The molecule has 0 bridgehead atoms. The Balaban J connectivity index is 1.86. The predicted octanol–water partition coefficient (Wildman–Crippen LogP) is 2.95. The molecule has 1 amide bonds. The number of ether oxygens (including phenoxy) is 1. The van der Waals surface area contributed by atoms with Crippen molar-refractivity contribution in [2.45, 2.75) is 12.3 Å². The number of benzene rings is 1. The molecule has 0 saturated heterocycles. The first-order valence-electron chi connectivity index (χ1n) is 7.69. The molecule has 24 heavy (non-hydrogen) atoms. The van der Waals surface area contributed by atoms with Gasteiger partial charge in [-0.1, -0.05) is 30.3 Å². The zero-order chi connectivity index (χ0) is 16.5. The largest absolute Gasteiger partial charge is 0.481 e. The fourth-order valence-electron chi connectivity index (χ4n) is 3.12. The lowest BCUT2D eigenvalue weighted by Gasteiger charge is -2.23. The molecule has 3 aromatic rings. The average molecular weight is 320 g/mol. The van der Waals surface area contributed by atoms with Gasteiger partial charge in [-0.3, -0.25) is 9.89 Å². The van der Waals surface area contributed by atoms with Crippen LogP contribution in [0.3, 0.4) is 0 Å². The van der Waals surface area contributed by atoms with Crippen molar-refractivity contribution < 1.29 is 9.53 Å². The van der Waals surface area contributed by atoms with Crippen molar-refractivity contribution in [3.63, 3.8) is 0 Å². The molecule has 4 rings (SSSR count). The Kier molecular flexibility index (Phi) is 3.49. The lowest BCUT2D eigenvalue weighted by Crippen LogP contribution is -2.23. The van der Waals surface area contributed by atoms with Crippen molar-refractivity contribution in [1.82, 2.24) is 15.2 Å². The SMILES string of the molecule is COc1cc(C2CC(=O)Nc3n[nH]c(-c4ccccc4)c32)ccn1. The topological polar surface area (TPSA) is 79.9 Å². The number of carbonyl (C=O) groups is 1. The van der Waals surface area contributed by atoms with Crippen LogP contribution >= 0.6 is 0 Å². The molecule has 1 aliphatic rings. The van der Waals surface area contributed by atoms with Gasteiger partial charge >= 0.3 is 0 Å². The number of anilines is 1. The van der Waals surface area contributed by atoms with Crippen LogP contribution in [0.2, 0.25) is 0 Å². The van der Waals surface area contributed by atoms with Gasteiger partial charge in [-0.2, -0.15) is 5.10 Å². The molecule has 3 heterocycles. The maximum atomic E-state index is 12.1. The third-order valence-corrected chi connectivity index (χ3v) is 4.23. The summed E-state index contributed by atoms with van der Waals surface area (Å²) < 4.78 is 5.22. The summed E-state index contributed by atoms with van der Waals surface area (Å²) in [5.74, 6) is 0.977. The number of aromatic nitrogens is 3. The highest BCUT2D eigenvalue weighted by Gasteiger charge is 2.32. The van der Waals surface area contributed by atoms with Crippen molar-refractivity contribution >= 4 is 11.7 Å². The van der Waals surface area contributed by atoms with E-state index in [1.807, 2.05) is 42.5 Å². The maximum Gasteiger partial charge on any atom is 0.226 e. The minimum Gasteiger partial charge on any atom is -0.481 e. The highest BCUT2D eigenvalue weighted by Crippen LogP contribution is 2.41. The van der Waals surface area contributed by atoms with E-state index in [-0.39, 0.29) is 11.8 Å². The third kappa shape index (κ3) is 2.42. The van der Waals surface area contributed by atoms with Gasteiger partial charge in [0.2, 0.25) is 11.8 Å². The van der Waals surface area contributed by atoms with Gasteiger partial charge in [0.25, 0.3) is 0 Å². The van der Waals surface area contributed by atoms with Gasteiger partial charge in [-0.25, -0.2) is 4.98 Å². The minimum atomic E-state index is -0.0976. The van der Waals surface area contributed by atoms with Crippen molar-refractivity contribution in [1.29, 1.82) is 0 Å². The molecule has 2 aromatic heterocycles. The van der Waals surface area contributed by atoms with Crippen LogP contribution in [-0.4, -0.2) is 28.2 Å². The summed E-state index contributed by atoms with van der Waals surface area (Å²) in [7, 11) is 1.58. The number of nitrogens with one attached hydrogen (secondary N) is 2. The van der Waals surface area contributed by atoms with Crippen LogP contribution < -0.4 is 10.1 Å². The van der Waals surface area contributed by atoms with Crippen LogP contribution in [0.4, 0.5) is 5.82 Å². The van der Waals surface area contributed by atoms with Gasteiger partial charge in [0.05, 0.1) is 12.8 Å². The Bertz CT molecular complexity index is 889. The Morgan fingerprint density at radius 1 is 1.21 bits per heavy atom. The molecule has 1 aromatic carbocycles.